The second kappa shape index (κ2) is 7.63. The molecule has 0 bridgehead atoms. The molecule has 106 valence electrons. The summed E-state index contributed by atoms with van der Waals surface area (Å²) in [5.74, 6) is -0.492. The van der Waals surface area contributed by atoms with Crippen molar-refractivity contribution in [1.29, 1.82) is 0 Å². The van der Waals surface area contributed by atoms with Crippen molar-refractivity contribution in [3.63, 3.8) is 0 Å². The third-order valence-electron chi connectivity index (χ3n) is 3.45. The average Bonchev–Trinajstić information content (AvgIpc) is 2.47. The van der Waals surface area contributed by atoms with Crippen LogP contribution in [0, 0.1) is 5.82 Å². The third-order valence-corrected chi connectivity index (χ3v) is 3.45. The Kier molecular flexibility index (Phi) is 5.54. The number of rotatable bonds is 5. The number of amides is 1. The normalized spacial score (nSPS) is 15.2. The zero-order valence-electron chi connectivity index (χ0n) is 11.6. The maximum Gasteiger partial charge on any atom is 0.244 e. The molecule has 1 aliphatic carbocycles. The van der Waals surface area contributed by atoms with Crippen molar-refractivity contribution in [3.05, 3.63) is 53.4 Å². The predicted molar refractivity (Wildman–Crippen MR) is 79.6 cm³/mol. The highest BCUT2D eigenvalue weighted by Gasteiger charge is 2.04. The molecular formula is C17H20FNO. The molecule has 1 N–H and O–H groups in total. The third kappa shape index (κ3) is 4.65. The van der Waals surface area contributed by atoms with Crippen molar-refractivity contribution in [3.8, 4) is 0 Å². The minimum Gasteiger partial charge on any atom is -0.352 e. The minimum absolute atomic E-state index is 0.176. The summed E-state index contributed by atoms with van der Waals surface area (Å²) < 4.78 is 13.3. The van der Waals surface area contributed by atoms with Crippen LogP contribution in [0.15, 0.2) is 42.0 Å². The molecule has 0 heterocycles. The Hall–Kier alpha value is -1.90. The summed E-state index contributed by atoms with van der Waals surface area (Å²) in [6.45, 7) is 0.645. The first kappa shape index (κ1) is 14.5. The largest absolute Gasteiger partial charge is 0.352 e. The first-order valence-electron chi connectivity index (χ1n) is 7.14. The molecule has 0 saturated carbocycles. The molecular weight excluding hydrogens is 253 g/mol. The lowest BCUT2D eigenvalue weighted by molar-refractivity contribution is -0.116. The van der Waals surface area contributed by atoms with Crippen LogP contribution in [0.5, 0.6) is 0 Å². The fourth-order valence-electron chi connectivity index (χ4n) is 2.31. The Labute approximate surface area is 119 Å². The van der Waals surface area contributed by atoms with Crippen LogP contribution in [0.1, 0.15) is 37.7 Å². The highest BCUT2D eigenvalue weighted by molar-refractivity contribution is 5.91. The maximum atomic E-state index is 13.3. The molecule has 20 heavy (non-hydrogen) atoms. The van der Waals surface area contributed by atoms with Crippen LogP contribution in [0.25, 0.3) is 6.08 Å². The molecule has 1 aliphatic rings. The summed E-state index contributed by atoms with van der Waals surface area (Å²) in [6, 6.07) is 6.40. The van der Waals surface area contributed by atoms with Crippen molar-refractivity contribution < 1.29 is 9.18 Å². The van der Waals surface area contributed by atoms with Gasteiger partial charge in [0.05, 0.1) is 0 Å². The predicted octanol–water partition coefficient (Wildman–Crippen LogP) is 3.85. The first-order valence-corrected chi connectivity index (χ1v) is 7.14. The number of halogens is 1. The van der Waals surface area contributed by atoms with E-state index in [4.69, 9.17) is 0 Å². The molecule has 2 nitrogen and oxygen atoms in total. The van der Waals surface area contributed by atoms with Gasteiger partial charge in [-0.25, -0.2) is 4.39 Å². The standard InChI is InChI=1S/C17H20FNO/c18-16-9-5-4-8-15(16)10-11-17(20)19-13-12-14-6-2-1-3-7-14/h4-6,8-11H,1-3,7,12-13H2,(H,19,20)/b11-10+. The van der Waals surface area contributed by atoms with Gasteiger partial charge >= 0.3 is 0 Å². The van der Waals surface area contributed by atoms with Gasteiger partial charge in [0.15, 0.2) is 0 Å². The van der Waals surface area contributed by atoms with Gasteiger partial charge in [-0.3, -0.25) is 4.79 Å². The van der Waals surface area contributed by atoms with Crippen molar-refractivity contribution in [1.82, 2.24) is 5.32 Å². The molecule has 0 radical (unpaired) electrons. The Morgan fingerprint density at radius 1 is 1.30 bits per heavy atom. The van der Waals surface area contributed by atoms with Crippen LogP contribution in [-0.2, 0) is 4.79 Å². The number of benzene rings is 1. The molecule has 0 spiro atoms. The molecule has 3 heteroatoms. The van der Waals surface area contributed by atoms with Crippen LogP contribution in [0.2, 0.25) is 0 Å². The van der Waals surface area contributed by atoms with E-state index in [1.807, 2.05) is 0 Å². The van der Waals surface area contributed by atoms with Gasteiger partial charge in [-0.1, -0.05) is 29.8 Å². The number of nitrogens with one attached hydrogen (secondary N) is 1. The van der Waals surface area contributed by atoms with Gasteiger partial charge in [-0.15, -0.1) is 0 Å². The van der Waals surface area contributed by atoms with E-state index in [0.717, 1.165) is 19.3 Å². The highest BCUT2D eigenvalue weighted by Crippen LogP contribution is 2.19. The van der Waals surface area contributed by atoms with Crippen LogP contribution in [0.4, 0.5) is 4.39 Å². The number of carbonyl (C=O) groups excluding carboxylic acids is 1. The molecule has 0 aromatic heterocycles. The number of hydrogen-bond donors (Lipinski definition) is 1. The topological polar surface area (TPSA) is 29.1 Å². The SMILES string of the molecule is O=C(/C=C/c1ccccc1F)NCCC1=CCCCC1. The summed E-state index contributed by atoms with van der Waals surface area (Å²) in [7, 11) is 0. The Bertz CT molecular complexity index is 519. The Balaban J connectivity index is 1.75. The van der Waals surface area contributed by atoms with E-state index in [1.54, 1.807) is 18.2 Å². The van der Waals surface area contributed by atoms with Gasteiger partial charge in [-0.05, 0) is 44.2 Å². The molecule has 0 aliphatic heterocycles. The molecule has 1 amide bonds. The molecule has 0 saturated heterocycles. The van der Waals surface area contributed by atoms with Gasteiger partial charge in [0.1, 0.15) is 5.82 Å². The fraction of sp³-hybridized carbons (Fsp3) is 0.353. The van der Waals surface area contributed by atoms with Crippen molar-refractivity contribution >= 4 is 12.0 Å². The lowest BCUT2D eigenvalue weighted by Crippen LogP contribution is -2.22. The fourth-order valence-corrected chi connectivity index (χ4v) is 2.31. The van der Waals surface area contributed by atoms with Crippen molar-refractivity contribution in [2.24, 2.45) is 0 Å². The zero-order chi connectivity index (χ0) is 14.2. The maximum absolute atomic E-state index is 13.3. The van der Waals surface area contributed by atoms with E-state index in [0.29, 0.717) is 12.1 Å². The lowest BCUT2D eigenvalue weighted by Gasteiger charge is -2.12. The van der Waals surface area contributed by atoms with Crippen LogP contribution < -0.4 is 5.32 Å². The average molecular weight is 273 g/mol. The first-order chi connectivity index (χ1) is 9.75. The number of carbonyl (C=O) groups is 1. The van der Waals surface area contributed by atoms with E-state index in [9.17, 15) is 9.18 Å². The highest BCUT2D eigenvalue weighted by atomic mass is 19.1. The molecule has 1 aromatic carbocycles. The Morgan fingerprint density at radius 3 is 2.90 bits per heavy atom. The summed E-state index contributed by atoms with van der Waals surface area (Å²) in [6.07, 6.45) is 10.9. The van der Waals surface area contributed by atoms with Crippen molar-refractivity contribution in [2.45, 2.75) is 32.1 Å². The number of hydrogen-bond acceptors (Lipinski definition) is 1. The lowest BCUT2D eigenvalue weighted by atomic mass is 9.97. The van der Waals surface area contributed by atoms with Crippen LogP contribution in [-0.4, -0.2) is 12.5 Å². The quantitative estimate of drug-likeness (QED) is 0.641. The van der Waals surface area contributed by atoms with E-state index in [2.05, 4.69) is 11.4 Å². The second-order valence-electron chi connectivity index (χ2n) is 5.00. The van der Waals surface area contributed by atoms with E-state index >= 15 is 0 Å². The molecule has 0 fully saturated rings. The van der Waals surface area contributed by atoms with Crippen molar-refractivity contribution in [2.75, 3.05) is 6.54 Å². The number of allylic oxidation sites excluding steroid dienone is 1. The van der Waals surface area contributed by atoms with E-state index in [-0.39, 0.29) is 11.7 Å². The molecule has 0 atom stereocenters. The summed E-state index contributed by atoms with van der Waals surface area (Å²) >= 11 is 0. The smallest absolute Gasteiger partial charge is 0.244 e. The van der Waals surface area contributed by atoms with Crippen LogP contribution in [0.3, 0.4) is 0 Å². The second-order valence-corrected chi connectivity index (χ2v) is 5.00. The van der Waals surface area contributed by atoms with Gasteiger partial charge < -0.3 is 5.32 Å². The molecule has 0 unspecified atom stereocenters. The van der Waals surface area contributed by atoms with Gasteiger partial charge in [0, 0.05) is 18.2 Å². The Morgan fingerprint density at radius 2 is 2.15 bits per heavy atom. The van der Waals surface area contributed by atoms with Gasteiger partial charge in [-0.2, -0.15) is 0 Å². The molecule has 2 rings (SSSR count). The summed E-state index contributed by atoms with van der Waals surface area (Å²) in [5, 5.41) is 2.83. The summed E-state index contributed by atoms with van der Waals surface area (Å²) in [5.41, 5.74) is 1.87. The summed E-state index contributed by atoms with van der Waals surface area (Å²) in [4.78, 5) is 11.6. The monoisotopic (exact) mass is 273 g/mol. The van der Waals surface area contributed by atoms with E-state index < -0.39 is 0 Å². The molecule has 1 aromatic rings. The van der Waals surface area contributed by atoms with Crippen LogP contribution >= 0.6 is 0 Å². The zero-order valence-corrected chi connectivity index (χ0v) is 11.6. The van der Waals surface area contributed by atoms with Gasteiger partial charge in [0.25, 0.3) is 0 Å². The van der Waals surface area contributed by atoms with Gasteiger partial charge in [0.2, 0.25) is 5.91 Å². The van der Waals surface area contributed by atoms with E-state index in [1.165, 1.54) is 36.6 Å². The minimum atomic E-state index is -0.316.